The zero-order chi connectivity index (χ0) is 20.3. The van der Waals surface area contributed by atoms with Crippen molar-refractivity contribution in [2.45, 2.75) is 43.4 Å². The molecule has 0 radical (unpaired) electrons. The lowest BCUT2D eigenvalue weighted by Crippen LogP contribution is -2.38. The molecule has 0 unspecified atom stereocenters. The Morgan fingerprint density at radius 1 is 1.36 bits per heavy atom. The highest BCUT2D eigenvalue weighted by molar-refractivity contribution is 7.98. The quantitative estimate of drug-likeness (QED) is 0.373. The van der Waals surface area contributed by atoms with Crippen LogP contribution in [0, 0.1) is 0 Å². The second kappa shape index (κ2) is 9.01. The number of nitrogen functional groups attached to an aromatic ring is 1. The van der Waals surface area contributed by atoms with Gasteiger partial charge in [-0.1, -0.05) is 0 Å². The lowest BCUT2D eigenvalue weighted by atomic mass is 10.1. The van der Waals surface area contributed by atoms with Gasteiger partial charge in [0.05, 0.1) is 12.9 Å². The lowest BCUT2D eigenvalue weighted by molar-refractivity contribution is -0.150. The molecular weight excluding hydrogens is 388 g/mol. The number of carbonyl (C=O) groups is 1. The summed E-state index contributed by atoms with van der Waals surface area (Å²) in [6.07, 6.45) is 1.29. The average Bonchev–Trinajstić information content (AvgIpc) is 3.21. The second-order valence-electron chi connectivity index (χ2n) is 6.54. The fraction of sp³-hybridized carbons (Fsp3) is 0.625. The average molecular weight is 412 g/mol. The maximum Gasteiger partial charge on any atom is 0.323 e. The number of fused-ring (bicyclic) bond motifs is 1. The molecule has 0 amide bonds. The Kier molecular flexibility index (Phi) is 6.67. The summed E-state index contributed by atoms with van der Waals surface area (Å²) in [6.45, 7) is -0.0107. The smallest absolute Gasteiger partial charge is 0.323 e. The summed E-state index contributed by atoms with van der Waals surface area (Å²) in [7, 11) is 0. The third kappa shape index (κ3) is 4.36. The number of nitrogens with zero attached hydrogens (tertiary/aromatic N) is 4. The Balaban J connectivity index is 1.59. The number of ether oxygens (including phenoxy) is 2. The van der Waals surface area contributed by atoms with Gasteiger partial charge in [-0.15, -0.1) is 0 Å². The minimum atomic E-state index is -1.20. The first-order chi connectivity index (χ1) is 13.4. The van der Waals surface area contributed by atoms with Crippen molar-refractivity contribution < 1.29 is 24.5 Å². The lowest BCUT2D eigenvalue weighted by Gasteiger charge is -2.17. The molecule has 3 rings (SSSR count). The monoisotopic (exact) mass is 412 g/mol. The van der Waals surface area contributed by atoms with Gasteiger partial charge in [0.1, 0.15) is 48.9 Å². The van der Waals surface area contributed by atoms with E-state index in [1.807, 2.05) is 6.26 Å². The summed E-state index contributed by atoms with van der Waals surface area (Å²) in [5, 5.41) is 20.5. The standard InChI is InChI=1S/C16H24N6O5S/c1-28-3-2-8(17)16(25)26-5-10-13(24)12(23)9(27-10)4-22-7-21-11-14(18)19-6-20-15(11)22/h6-10,12-13,23-24H,2-5,17H2,1H3,(H2,18,19,20)/t8-,9-,10+,12-,13+/m0/s1. The van der Waals surface area contributed by atoms with Crippen molar-refractivity contribution in [1.29, 1.82) is 0 Å². The number of thioether (sulfide) groups is 1. The fourth-order valence-corrected chi connectivity index (χ4v) is 3.46. The van der Waals surface area contributed by atoms with Crippen molar-refractivity contribution in [1.82, 2.24) is 19.5 Å². The molecule has 1 aliphatic rings. The van der Waals surface area contributed by atoms with Crippen molar-refractivity contribution in [3.8, 4) is 0 Å². The molecule has 0 aromatic carbocycles. The summed E-state index contributed by atoms with van der Waals surface area (Å²) < 4.78 is 12.5. The van der Waals surface area contributed by atoms with Crippen molar-refractivity contribution in [2.24, 2.45) is 5.73 Å². The predicted octanol–water partition coefficient (Wildman–Crippen LogP) is -1.48. The van der Waals surface area contributed by atoms with E-state index in [1.165, 1.54) is 12.7 Å². The van der Waals surface area contributed by atoms with E-state index in [2.05, 4.69) is 15.0 Å². The molecule has 3 heterocycles. The zero-order valence-corrected chi connectivity index (χ0v) is 16.2. The van der Waals surface area contributed by atoms with E-state index in [9.17, 15) is 15.0 Å². The van der Waals surface area contributed by atoms with Gasteiger partial charge in [0.2, 0.25) is 0 Å². The van der Waals surface area contributed by atoms with Gasteiger partial charge in [-0.3, -0.25) is 4.79 Å². The van der Waals surface area contributed by atoms with Crippen LogP contribution < -0.4 is 11.5 Å². The van der Waals surface area contributed by atoms with Crippen molar-refractivity contribution in [3.05, 3.63) is 12.7 Å². The van der Waals surface area contributed by atoms with Crippen molar-refractivity contribution >= 4 is 34.7 Å². The fourth-order valence-electron chi connectivity index (χ4n) is 2.97. The molecule has 12 heteroatoms. The molecule has 154 valence electrons. The highest BCUT2D eigenvalue weighted by Crippen LogP contribution is 2.24. The van der Waals surface area contributed by atoms with Crippen LogP contribution in [0.3, 0.4) is 0 Å². The number of aromatic nitrogens is 4. The first kappa shape index (κ1) is 20.7. The van der Waals surface area contributed by atoms with E-state index >= 15 is 0 Å². The third-order valence-electron chi connectivity index (χ3n) is 4.59. The van der Waals surface area contributed by atoms with Crippen LogP contribution in [-0.4, -0.2) is 84.8 Å². The molecule has 0 aliphatic carbocycles. The Morgan fingerprint density at radius 2 is 2.11 bits per heavy atom. The Bertz CT molecular complexity index is 820. The summed E-state index contributed by atoms with van der Waals surface area (Å²) in [4.78, 5) is 24.1. The Hall–Kier alpha value is -1.99. The van der Waals surface area contributed by atoms with E-state index in [-0.39, 0.29) is 19.0 Å². The van der Waals surface area contributed by atoms with Gasteiger partial charge in [0.15, 0.2) is 11.5 Å². The molecule has 5 atom stereocenters. The van der Waals surface area contributed by atoms with Gasteiger partial charge in [-0.05, 0) is 18.4 Å². The molecule has 11 nitrogen and oxygen atoms in total. The topological polar surface area (TPSA) is 172 Å². The van der Waals surface area contributed by atoms with E-state index in [0.717, 1.165) is 5.75 Å². The van der Waals surface area contributed by atoms with Crippen LogP contribution in [0.25, 0.3) is 11.2 Å². The third-order valence-corrected chi connectivity index (χ3v) is 5.24. The Labute approximate surface area is 165 Å². The second-order valence-corrected chi connectivity index (χ2v) is 7.53. The number of aliphatic hydroxyl groups excluding tert-OH is 2. The van der Waals surface area contributed by atoms with E-state index in [4.69, 9.17) is 20.9 Å². The Morgan fingerprint density at radius 3 is 2.86 bits per heavy atom. The number of aliphatic hydroxyl groups is 2. The molecule has 6 N–H and O–H groups in total. The zero-order valence-electron chi connectivity index (χ0n) is 15.3. The SMILES string of the molecule is CSCC[C@H](N)C(=O)OC[C@H]1O[C@@H](Cn2cnc3c(N)ncnc32)[C@H](O)[C@@H]1O. The largest absolute Gasteiger partial charge is 0.462 e. The van der Waals surface area contributed by atoms with Gasteiger partial charge in [-0.25, -0.2) is 15.0 Å². The predicted molar refractivity (Wildman–Crippen MR) is 102 cm³/mol. The number of rotatable bonds is 8. The van der Waals surface area contributed by atoms with Crippen LogP contribution in [0.2, 0.25) is 0 Å². The normalized spacial score (nSPS) is 25.9. The summed E-state index contributed by atoms with van der Waals surface area (Å²) >= 11 is 1.59. The minimum absolute atomic E-state index is 0.183. The highest BCUT2D eigenvalue weighted by atomic mass is 32.2. The number of anilines is 1. The number of carbonyl (C=O) groups excluding carboxylic acids is 1. The number of hydrogen-bond acceptors (Lipinski definition) is 11. The molecule has 2 aromatic heterocycles. The van der Waals surface area contributed by atoms with Crippen LogP contribution in [-0.2, 0) is 20.8 Å². The number of nitrogens with two attached hydrogens (primary N) is 2. The minimum Gasteiger partial charge on any atom is -0.462 e. The van der Waals surface area contributed by atoms with Crippen LogP contribution in [0.1, 0.15) is 6.42 Å². The molecule has 2 aromatic rings. The molecule has 28 heavy (non-hydrogen) atoms. The maximum atomic E-state index is 11.9. The molecule has 0 saturated carbocycles. The number of esters is 1. The molecule has 0 spiro atoms. The summed E-state index contributed by atoms with van der Waals surface area (Å²) in [5.41, 5.74) is 12.5. The molecule has 0 bridgehead atoms. The van der Waals surface area contributed by atoms with E-state index in [1.54, 1.807) is 16.3 Å². The van der Waals surface area contributed by atoms with Gasteiger partial charge in [-0.2, -0.15) is 11.8 Å². The van der Waals surface area contributed by atoms with Crippen LogP contribution in [0.4, 0.5) is 5.82 Å². The first-order valence-electron chi connectivity index (χ1n) is 8.76. The molecular formula is C16H24N6O5S. The van der Waals surface area contributed by atoms with E-state index < -0.39 is 36.4 Å². The van der Waals surface area contributed by atoms with Crippen LogP contribution in [0.5, 0.6) is 0 Å². The summed E-state index contributed by atoms with van der Waals surface area (Å²) in [5.74, 6) is 0.432. The van der Waals surface area contributed by atoms with Gasteiger partial charge >= 0.3 is 5.97 Å². The van der Waals surface area contributed by atoms with Gasteiger partial charge in [0, 0.05) is 0 Å². The first-order valence-corrected chi connectivity index (χ1v) is 10.2. The van der Waals surface area contributed by atoms with Gasteiger partial charge in [0.25, 0.3) is 0 Å². The van der Waals surface area contributed by atoms with Crippen molar-refractivity contribution in [2.75, 3.05) is 24.3 Å². The van der Waals surface area contributed by atoms with Crippen molar-refractivity contribution in [3.63, 3.8) is 0 Å². The summed E-state index contributed by atoms with van der Waals surface area (Å²) in [6, 6.07) is -0.728. The number of hydrogen-bond donors (Lipinski definition) is 4. The molecule has 1 fully saturated rings. The highest BCUT2D eigenvalue weighted by Gasteiger charge is 2.43. The molecule has 1 saturated heterocycles. The van der Waals surface area contributed by atoms with E-state index in [0.29, 0.717) is 17.6 Å². The van der Waals surface area contributed by atoms with Gasteiger partial charge < -0.3 is 35.7 Å². The van der Waals surface area contributed by atoms with Crippen LogP contribution >= 0.6 is 11.8 Å². The van der Waals surface area contributed by atoms with Crippen LogP contribution in [0.15, 0.2) is 12.7 Å². The number of imidazole rings is 1. The maximum absolute atomic E-state index is 11.9. The molecule has 1 aliphatic heterocycles.